The molecule has 136 valence electrons. The smallest absolute Gasteiger partial charge is 0.390 e. The number of aryl methyl sites for hydroxylation is 2. The lowest BCUT2D eigenvalue weighted by molar-refractivity contribution is 0.226. The largest absolute Gasteiger partial charge is 0.492 e. The van der Waals surface area contributed by atoms with Crippen LogP contribution >= 0.6 is 0 Å². The summed E-state index contributed by atoms with van der Waals surface area (Å²) in [5.74, 6) is 0. The van der Waals surface area contributed by atoms with Gasteiger partial charge in [0.05, 0.1) is 5.54 Å². The first kappa shape index (κ1) is 19.8. The lowest BCUT2D eigenvalue weighted by atomic mass is 9.79. The molecular weight excluding hydrogens is 332 g/mol. The number of hydrogen-bond donors (Lipinski definition) is 5. The summed E-state index contributed by atoms with van der Waals surface area (Å²) in [7, 11) is -3.97. The second-order valence-electron chi connectivity index (χ2n) is 6.66. The number of nitrogens with two attached hydrogens (primary N) is 1. The Labute approximate surface area is 150 Å². The van der Waals surface area contributed by atoms with E-state index in [9.17, 15) is 0 Å². The zero-order valence-electron chi connectivity index (χ0n) is 14.9. The Morgan fingerprint density at radius 1 is 0.920 bits per heavy atom. The minimum absolute atomic E-state index is 0.0201. The normalized spacial score (nSPS) is 12.4. The molecule has 0 heterocycles. The van der Waals surface area contributed by atoms with Crippen molar-refractivity contribution >= 4 is 8.80 Å². The molecule has 2 aromatic carbocycles. The maximum atomic E-state index is 9.10. The summed E-state index contributed by atoms with van der Waals surface area (Å²) in [6.45, 7) is 5.17. The number of benzene rings is 2. The van der Waals surface area contributed by atoms with Gasteiger partial charge in [-0.15, -0.1) is 0 Å². The van der Waals surface area contributed by atoms with E-state index in [1.807, 2.05) is 24.3 Å². The first-order valence-corrected chi connectivity index (χ1v) is 10.6. The van der Waals surface area contributed by atoms with Crippen molar-refractivity contribution < 1.29 is 14.4 Å². The maximum absolute atomic E-state index is 9.10. The fourth-order valence-electron chi connectivity index (χ4n) is 3.22. The van der Waals surface area contributed by atoms with Gasteiger partial charge in [-0.05, 0) is 49.1 Å². The topological polar surface area (TPSA) is 98.7 Å². The summed E-state index contributed by atoms with van der Waals surface area (Å²) in [6, 6.07) is 16.2. The quantitative estimate of drug-likeness (QED) is 0.362. The van der Waals surface area contributed by atoms with Crippen molar-refractivity contribution in [3.05, 3.63) is 70.8 Å². The van der Waals surface area contributed by atoms with Gasteiger partial charge in [0.1, 0.15) is 0 Å². The highest BCUT2D eigenvalue weighted by Gasteiger charge is 2.32. The third kappa shape index (κ3) is 5.21. The molecular formula is C19H28N2O3Si. The predicted molar refractivity (Wildman–Crippen MR) is 102 cm³/mol. The van der Waals surface area contributed by atoms with Crippen LogP contribution < -0.4 is 11.1 Å². The Morgan fingerprint density at radius 3 is 1.84 bits per heavy atom. The van der Waals surface area contributed by atoms with E-state index >= 15 is 0 Å². The van der Waals surface area contributed by atoms with E-state index < -0.39 is 14.3 Å². The first-order chi connectivity index (χ1) is 11.7. The van der Waals surface area contributed by atoms with Gasteiger partial charge in [0, 0.05) is 12.6 Å². The highest BCUT2D eigenvalue weighted by molar-refractivity contribution is 6.56. The van der Waals surface area contributed by atoms with Crippen LogP contribution in [-0.4, -0.2) is 36.3 Å². The molecule has 5 nitrogen and oxygen atoms in total. The molecule has 0 aliphatic heterocycles. The second-order valence-corrected chi connectivity index (χ2v) is 8.70. The van der Waals surface area contributed by atoms with Gasteiger partial charge >= 0.3 is 8.80 Å². The standard InChI is InChI=1S/C19H28N2O3Si/c1-15-8-3-5-10-17(15)19(20,18-11-6-4-9-16(18)2)14-21-12-7-13-25(22,23)24/h3-6,8-11,21-24H,7,12-14,20H2,1-2H3. The monoisotopic (exact) mass is 360 g/mol. The van der Waals surface area contributed by atoms with Crippen molar-refractivity contribution in [1.29, 1.82) is 0 Å². The minimum atomic E-state index is -3.97. The molecule has 25 heavy (non-hydrogen) atoms. The maximum Gasteiger partial charge on any atom is 0.492 e. The highest BCUT2D eigenvalue weighted by atomic mass is 28.4. The van der Waals surface area contributed by atoms with Crippen LogP contribution in [0.2, 0.25) is 6.04 Å². The third-order valence-electron chi connectivity index (χ3n) is 4.52. The van der Waals surface area contributed by atoms with E-state index in [1.165, 1.54) is 0 Å². The van der Waals surface area contributed by atoms with Gasteiger partial charge in [0.15, 0.2) is 0 Å². The predicted octanol–water partition coefficient (Wildman–Crippen LogP) is 1.40. The molecule has 0 aliphatic rings. The van der Waals surface area contributed by atoms with Gasteiger partial charge in [-0.2, -0.15) is 0 Å². The molecule has 0 amide bonds. The molecule has 0 spiro atoms. The molecule has 6 heteroatoms. The molecule has 0 atom stereocenters. The van der Waals surface area contributed by atoms with E-state index in [4.69, 9.17) is 20.1 Å². The van der Waals surface area contributed by atoms with Crippen LogP contribution in [0.15, 0.2) is 48.5 Å². The highest BCUT2D eigenvalue weighted by Crippen LogP contribution is 2.31. The number of hydrogen-bond acceptors (Lipinski definition) is 5. The van der Waals surface area contributed by atoms with Crippen LogP contribution in [0.5, 0.6) is 0 Å². The Hall–Kier alpha value is -1.54. The van der Waals surface area contributed by atoms with E-state index in [2.05, 4.69) is 43.4 Å². The number of nitrogens with one attached hydrogen (secondary N) is 1. The van der Waals surface area contributed by atoms with Crippen LogP contribution in [0.1, 0.15) is 28.7 Å². The van der Waals surface area contributed by atoms with Crippen molar-refractivity contribution in [1.82, 2.24) is 5.32 Å². The fraction of sp³-hybridized carbons (Fsp3) is 0.368. The Balaban J connectivity index is 2.22. The average Bonchev–Trinajstić information content (AvgIpc) is 2.54. The molecule has 0 fully saturated rings. The Bertz CT molecular complexity index is 656. The van der Waals surface area contributed by atoms with Crippen molar-refractivity contribution in [3.63, 3.8) is 0 Å². The summed E-state index contributed by atoms with van der Waals surface area (Å²) in [6.07, 6.45) is 0.480. The molecule has 2 rings (SSSR count). The molecule has 0 aromatic heterocycles. The fourth-order valence-corrected chi connectivity index (χ4v) is 3.87. The van der Waals surface area contributed by atoms with Crippen molar-refractivity contribution in [2.45, 2.75) is 31.9 Å². The van der Waals surface area contributed by atoms with Crippen LogP contribution in [0, 0.1) is 13.8 Å². The molecule has 2 aromatic rings. The van der Waals surface area contributed by atoms with E-state index in [-0.39, 0.29) is 6.04 Å². The summed E-state index contributed by atoms with van der Waals surface area (Å²) in [5, 5.41) is 3.31. The summed E-state index contributed by atoms with van der Waals surface area (Å²) >= 11 is 0. The minimum Gasteiger partial charge on any atom is -0.390 e. The van der Waals surface area contributed by atoms with Crippen LogP contribution in [0.25, 0.3) is 0 Å². The van der Waals surface area contributed by atoms with Gasteiger partial charge in [-0.3, -0.25) is 0 Å². The Kier molecular flexibility index (Phi) is 6.51. The van der Waals surface area contributed by atoms with E-state index in [0.29, 0.717) is 19.5 Å². The zero-order valence-corrected chi connectivity index (χ0v) is 15.9. The van der Waals surface area contributed by atoms with E-state index in [1.54, 1.807) is 0 Å². The van der Waals surface area contributed by atoms with Crippen molar-refractivity contribution in [2.24, 2.45) is 5.73 Å². The van der Waals surface area contributed by atoms with E-state index in [0.717, 1.165) is 22.3 Å². The van der Waals surface area contributed by atoms with Crippen LogP contribution in [-0.2, 0) is 5.54 Å². The molecule has 0 aliphatic carbocycles. The van der Waals surface area contributed by atoms with Gasteiger partial charge in [0.25, 0.3) is 0 Å². The molecule has 6 N–H and O–H groups in total. The first-order valence-electron chi connectivity index (χ1n) is 8.53. The summed E-state index contributed by atoms with van der Waals surface area (Å²) < 4.78 is 0. The third-order valence-corrected chi connectivity index (χ3v) is 5.55. The van der Waals surface area contributed by atoms with Crippen molar-refractivity contribution in [3.8, 4) is 0 Å². The van der Waals surface area contributed by atoms with Crippen LogP contribution in [0.3, 0.4) is 0 Å². The summed E-state index contributed by atoms with van der Waals surface area (Å²) in [5.41, 5.74) is 10.6. The molecule has 0 radical (unpaired) electrons. The summed E-state index contributed by atoms with van der Waals surface area (Å²) in [4.78, 5) is 27.3. The molecule has 0 bridgehead atoms. The SMILES string of the molecule is Cc1ccccc1C(N)(CNCCC[Si](O)(O)O)c1ccccc1C. The van der Waals surface area contributed by atoms with Gasteiger partial charge in [-0.1, -0.05) is 48.5 Å². The number of rotatable bonds is 8. The average molecular weight is 361 g/mol. The van der Waals surface area contributed by atoms with Gasteiger partial charge in [0.2, 0.25) is 0 Å². The van der Waals surface area contributed by atoms with Crippen molar-refractivity contribution in [2.75, 3.05) is 13.1 Å². The Morgan fingerprint density at radius 2 is 1.40 bits per heavy atom. The van der Waals surface area contributed by atoms with Gasteiger partial charge in [-0.25, -0.2) is 0 Å². The van der Waals surface area contributed by atoms with Crippen LogP contribution in [0.4, 0.5) is 0 Å². The lowest BCUT2D eigenvalue weighted by Gasteiger charge is -2.34. The molecule has 0 saturated heterocycles. The molecule has 0 unspecified atom stereocenters. The second kappa shape index (κ2) is 8.22. The zero-order chi connectivity index (χ0) is 18.5. The lowest BCUT2D eigenvalue weighted by Crippen LogP contribution is -2.48. The van der Waals surface area contributed by atoms with Gasteiger partial charge < -0.3 is 25.4 Å². The molecule has 0 saturated carbocycles.